The number of aromatic amines is 1. The van der Waals surface area contributed by atoms with Crippen LogP contribution < -0.4 is 0 Å². The fraction of sp³-hybridized carbons (Fsp3) is 0.333. The van der Waals surface area contributed by atoms with Gasteiger partial charge >= 0.3 is 0 Å². The fourth-order valence-electron chi connectivity index (χ4n) is 0.476. The van der Waals surface area contributed by atoms with Crippen LogP contribution in [0.5, 0.6) is 0 Å². The highest BCUT2D eigenvalue weighted by atomic mass is 127. The fourth-order valence-corrected chi connectivity index (χ4v) is 0.697. The number of rotatable bonds is 0. The molecular weight excluding hydrogens is 259 g/mol. The summed E-state index contributed by atoms with van der Waals surface area (Å²) in [7, 11) is 0. The van der Waals surface area contributed by atoms with Crippen molar-refractivity contribution >= 4 is 34.8 Å². The molecule has 0 aliphatic carbocycles. The summed E-state index contributed by atoms with van der Waals surface area (Å²) in [5, 5.41) is 0. The summed E-state index contributed by atoms with van der Waals surface area (Å²) >= 11 is 6.93. The Bertz CT molecular complexity index is 233. The van der Waals surface area contributed by atoms with Gasteiger partial charge in [0.25, 0.3) is 0 Å². The summed E-state index contributed by atoms with van der Waals surface area (Å²) in [5.74, 6) is 0. The third-order valence-electron chi connectivity index (χ3n) is 0.780. The van der Waals surface area contributed by atoms with Crippen molar-refractivity contribution in [2.24, 2.45) is 0 Å². The predicted octanol–water partition coefficient (Wildman–Crippen LogP) is 2.50. The average molecular weight is 268 g/mol. The van der Waals surface area contributed by atoms with Gasteiger partial charge in [-0.3, -0.25) is 4.98 Å². The monoisotopic (exact) mass is 268 g/mol. The van der Waals surface area contributed by atoms with Crippen molar-refractivity contribution in [3.63, 3.8) is 0 Å². The number of alkyl halides is 1. The highest BCUT2D eigenvalue weighted by Crippen LogP contribution is 1.85. The van der Waals surface area contributed by atoms with E-state index >= 15 is 0 Å². The molecule has 0 bridgehead atoms. The highest BCUT2D eigenvalue weighted by Gasteiger charge is 1.77. The van der Waals surface area contributed by atoms with Crippen molar-refractivity contribution in [2.45, 2.75) is 6.92 Å². The lowest BCUT2D eigenvalue weighted by molar-refractivity contribution is 1.10. The van der Waals surface area contributed by atoms with Gasteiger partial charge in [0.1, 0.15) is 4.64 Å². The summed E-state index contributed by atoms with van der Waals surface area (Å²) in [6.07, 6.45) is 3.35. The molecule has 0 saturated carbocycles. The number of aromatic nitrogens is 2. The molecule has 0 amide bonds. The predicted molar refractivity (Wildman–Crippen MR) is 54.1 cm³/mol. The Balaban J connectivity index is 0.000000371. The van der Waals surface area contributed by atoms with E-state index in [4.69, 9.17) is 12.2 Å². The number of hydrogen-bond donors (Lipinski definition) is 1. The lowest BCUT2D eigenvalue weighted by atomic mass is 10.5. The zero-order valence-electron chi connectivity index (χ0n) is 5.89. The molecule has 1 N–H and O–H groups in total. The van der Waals surface area contributed by atoms with E-state index in [1.807, 2.05) is 11.9 Å². The average Bonchev–Trinajstić information content (AvgIpc) is 1.91. The standard InChI is InChI=1S/C5H6N2S.CH3I/c1-4-2-6-3-5(8)7-4;1-2/h2-3H,1H3,(H,7,8);1H3. The number of halogens is 1. The molecule has 0 aromatic carbocycles. The quantitative estimate of drug-likeness (QED) is 0.445. The number of aryl methyl sites for hydroxylation is 1. The maximum Gasteiger partial charge on any atom is 0.121 e. The van der Waals surface area contributed by atoms with E-state index in [0.717, 1.165) is 5.69 Å². The molecule has 0 aliphatic heterocycles. The Hall–Kier alpha value is 0.0300. The number of nitrogens with zero attached hydrogens (tertiary/aromatic N) is 1. The molecule has 0 radical (unpaired) electrons. The third-order valence-corrected chi connectivity index (χ3v) is 0.988. The first-order valence-corrected chi connectivity index (χ1v) is 5.24. The largest absolute Gasteiger partial charge is 0.348 e. The van der Waals surface area contributed by atoms with Crippen molar-refractivity contribution < 1.29 is 0 Å². The van der Waals surface area contributed by atoms with Crippen molar-refractivity contribution in [3.05, 3.63) is 22.7 Å². The first-order chi connectivity index (χ1) is 4.79. The van der Waals surface area contributed by atoms with E-state index < -0.39 is 0 Å². The molecular formula is C6H9IN2S. The topological polar surface area (TPSA) is 28.7 Å². The second-order valence-corrected chi connectivity index (χ2v) is 2.02. The number of hydrogen-bond acceptors (Lipinski definition) is 2. The van der Waals surface area contributed by atoms with Gasteiger partial charge in [0.2, 0.25) is 0 Å². The molecule has 2 nitrogen and oxygen atoms in total. The molecule has 56 valence electrons. The second kappa shape index (κ2) is 5.79. The van der Waals surface area contributed by atoms with Crippen LogP contribution in [0.15, 0.2) is 12.4 Å². The second-order valence-electron chi connectivity index (χ2n) is 1.58. The molecule has 0 unspecified atom stereocenters. The maximum atomic E-state index is 4.78. The molecule has 1 heterocycles. The van der Waals surface area contributed by atoms with Crippen LogP contribution in [0.1, 0.15) is 5.69 Å². The summed E-state index contributed by atoms with van der Waals surface area (Å²) in [5.41, 5.74) is 0.998. The minimum atomic E-state index is 0.685. The van der Waals surface area contributed by atoms with Gasteiger partial charge in [-0.15, -0.1) is 0 Å². The van der Waals surface area contributed by atoms with Gasteiger partial charge in [-0.05, 0) is 11.9 Å². The first kappa shape index (κ1) is 10.0. The van der Waals surface area contributed by atoms with E-state index in [1.165, 1.54) is 0 Å². The van der Waals surface area contributed by atoms with Crippen molar-refractivity contribution in [2.75, 3.05) is 4.93 Å². The van der Waals surface area contributed by atoms with Gasteiger partial charge in [0.15, 0.2) is 0 Å². The molecule has 1 rings (SSSR count). The molecule has 1 aromatic heterocycles. The molecule has 0 saturated heterocycles. The molecule has 0 aliphatic rings. The zero-order valence-corrected chi connectivity index (χ0v) is 8.86. The van der Waals surface area contributed by atoms with Crippen LogP contribution >= 0.6 is 34.8 Å². The van der Waals surface area contributed by atoms with Gasteiger partial charge < -0.3 is 4.98 Å². The minimum Gasteiger partial charge on any atom is -0.348 e. The van der Waals surface area contributed by atoms with Crippen LogP contribution in [0.3, 0.4) is 0 Å². The third kappa shape index (κ3) is 3.94. The molecule has 0 spiro atoms. The van der Waals surface area contributed by atoms with Crippen molar-refractivity contribution in [3.8, 4) is 0 Å². The first-order valence-electron chi connectivity index (χ1n) is 2.68. The van der Waals surface area contributed by atoms with Crippen LogP contribution in [-0.4, -0.2) is 14.9 Å². The Morgan fingerprint density at radius 3 is 2.40 bits per heavy atom. The van der Waals surface area contributed by atoms with E-state index in [-0.39, 0.29) is 0 Å². The normalized spacial score (nSPS) is 7.90. The van der Waals surface area contributed by atoms with Gasteiger partial charge in [-0.25, -0.2) is 0 Å². The van der Waals surface area contributed by atoms with Crippen LogP contribution in [0.4, 0.5) is 0 Å². The maximum absolute atomic E-state index is 4.78. The van der Waals surface area contributed by atoms with E-state index in [1.54, 1.807) is 12.4 Å². The molecule has 4 heteroatoms. The van der Waals surface area contributed by atoms with Crippen LogP contribution in [0.2, 0.25) is 0 Å². The Morgan fingerprint density at radius 1 is 1.50 bits per heavy atom. The van der Waals surface area contributed by atoms with Gasteiger partial charge in [-0.2, -0.15) is 0 Å². The minimum absolute atomic E-state index is 0.685. The van der Waals surface area contributed by atoms with Crippen LogP contribution in [0.25, 0.3) is 0 Å². The number of nitrogens with one attached hydrogen (secondary N) is 1. The van der Waals surface area contributed by atoms with Crippen molar-refractivity contribution in [1.82, 2.24) is 9.97 Å². The molecule has 0 fully saturated rings. The summed E-state index contributed by atoms with van der Waals surface area (Å²) in [4.78, 5) is 8.74. The van der Waals surface area contributed by atoms with E-state index in [9.17, 15) is 0 Å². The van der Waals surface area contributed by atoms with Gasteiger partial charge in [0.05, 0.1) is 6.20 Å². The molecule has 1 aromatic rings. The lowest BCUT2D eigenvalue weighted by Gasteiger charge is -1.86. The summed E-state index contributed by atoms with van der Waals surface area (Å²) in [6.45, 7) is 1.92. The van der Waals surface area contributed by atoms with Crippen LogP contribution in [-0.2, 0) is 0 Å². The van der Waals surface area contributed by atoms with E-state index in [0.29, 0.717) is 4.64 Å². The zero-order chi connectivity index (χ0) is 7.98. The highest BCUT2D eigenvalue weighted by molar-refractivity contribution is 14.1. The van der Waals surface area contributed by atoms with Gasteiger partial charge in [0, 0.05) is 11.9 Å². The van der Waals surface area contributed by atoms with E-state index in [2.05, 4.69) is 32.6 Å². The Kier molecular flexibility index (Phi) is 5.81. The Labute approximate surface area is 79.2 Å². The summed E-state index contributed by atoms with van der Waals surface area (Å²) in [6, 6.07) is 0. The summed E-state index contributed by atoms with van der Waals surface area (Å²) < 4.78 is 0.685. The SMILES string of the molecule is CI.Cc1cncc(=S)[nH]1. The smallest absolute Gasteiger partial charge is 0.121 e. The van der Waals surface area contributed by atoms with Crippen molar-refractivity contribution in [1.29, 1.82) is 0 Å². The van der Waals surface area contributed by atoms with Crippen LogP contribution in [0, 0.1) is 11.6 Å². The Morgan fingerprint density at radius 2 is 2.10 bits per heavy atom. The molecule has 10 heavy (non-hydrogen) atoms. The number of H-pyrrole nitrogens is 1. The lowest BCUT2D eigenvalue weighted by Crippen LogP contribution is -1.80. The van der Waals surface area contributed by atoms with Gasteiger partial charge in [-0.1, -0.05) is 34.8 Å². The molecule has 0 atom stereocenters.